The molecule has 7 atom stereocenters. The van der Waals surface area contributed by atoms with E-state index in [-0.39, 0.29) is 0 Å². The Balaban J connectivity index is 1.73. The highest BCUT2D eigenvalue weighted by atomic mass is 15.1. The van der Waals surface area contributed by atoms with Gasteiger partial charge in [-0.3, -0.25) is 0 Å². The molecule has 3 rings (SSSR count). The highest BCUT2D eigenvalue weighted by Gasteiger charge is 2.44. The predicted octanol–water partition coefficient (Wildman–Crippen LogP) is 2.40. The van der Waals surface area contributed by atoms with Crippen LogP contribution in [0.2, 0.25) is 0 Å². The van der Waals surface area contributed by atoms with Crippen LogP contribution < -0.4 is 10.6 Å². The summed E-state index contributed by atoms with van der Waals surface area (Å²) in [5, 5.41) is 7.76. The van der Waals surface area contributed by atoms with Gasteiger partial charge in [-0.15, -0.1) is 0 Å². The smallest absolute Gasteiger partial charge is 0.0254 e. The summed E-state index contributed by atoms with van der Waals surface area (Å²) in [6.45, 7) is 8.41. The molecule has 3 aliphatic rings. The van der Waals surface area contributed by atoms with E-state index in [0.29, 0.717) is 6.04 Å². The van der Waals surface area contributed by atoms with E-state index in [1.54, 1.807) is 0 Å². The third kappa shape index (κ3) is 2.15. The molecule has 2 N–H and O–H groups in total. The van der Waals surface area contributed by atoms with E-state index in [0.717, 1.165) is 35.8 Å². The van der Waals surface area contributed by atoms with Crippen LogP contribution in [-0.2, 0) is 0 Å². The Morgan fingerprint density at radius 2 is 1.59 bits per heavy atom. The van der Waals surface area contributed by atoms with Crippen molar-refractivity contribution in [2.75, 3.05) is 6.54 Å². The van der Waals surface area contributed by atoms with E-state index >= 15 is 0 Å². The van der Waals surface area contributed by atoms with Crippen molar-refractivity contribution in [3.05, 3.63) is 0 Å². The van der Waals surface area contributed by atoms with Crippen LogP contribution in [0.25, 0.3) is 0 Å². The molecule has 7 unspecified atom stereocenters. The summed E-state index contributed by atoms with van der Waals surface area (Å²) in [6.07, 6.45) is 5.82. The minimum atomic E-state index is 0.705. The average molecular weight is 236 g/mol. The number of piperidine rings is 2. The van der Waals surface area contributed by atoms with Crippen molar-refractivity contribution < 1.29 is 0 Å². The second-order valence-corrected chi connectivity index (χ2v) is 7.07. The lowest BCUT2D eigenvalue weighted by molar-refractivity contribution is 0.0492. The molecule has 0 spiro atoms. The summed E-state index contributed by atoms with van der Waals surface area (Å²) in [4.78, 5) is 0. The molecule has 2 heterocycles. The summed E-state index contributed by atoms with van der Waals surface area (Å²) in [7, 11) is 0. The summed E-state index contributed by atoms with van der Waals surface area (Å²) in [5.74, 6) is 3.61. The van der Waals surface area contributed by atoms with Crippen molar-refractivity contribution in [3.63, 3.8) is 0 Å². The number of hydrogen-bond donors (Lipinski definition) is 2. The van der Waals surface area contributed by atoms with Crippen LogP contribution in [0.15, 0.2) is 0 Å². The molecular weight excluding hydrogens is 208 g/mol. The molecule has 1 saturated carbocycles. The average Bonchev–Trinajstić information content (AvgIpc) is 2.30. The fourth-order valence-corrected chi connectivity index (χ4v) is 4.52. The minimum absolute atomic E-state index is 0.705. The molecule has 0 radical (unpaired) electrons. The molecule has 2 aliphatic heterocycles. The van der Waals surface area contributed by atoms with Crippen molar-refractivity contribution >= 4 is 0 Å². The largest absolute Gasteiger partial charge is 0.312 e. The van der Waals surface area contributed by atoms with Crippen LogP contribution in [0.4, 0.5) is 0 Å². The topological polar surface area (TPSA) is 24.1 Å². The lowest BCUT2D eigenvalue weighted by atomic mass is 9.65. The Bertz CT molecular complexity index is 278. The van der Waals surface area contributed by atoms with Crippen molar-refractivity contribution in [2.45, 2.75) is 64.6 Å². The van der Waals surface area contributed by atoms with Crippen LogP contribution >= 0.6 is 0 Å². The monoisotopic (exact) mass is 236 g/mol. The summed E-state index contributed by atoms with van der Waals surface area (Å²) < 4.78 is 0. The van der Waals surface area contributed by atoms with Crippen LogP contribution in [0.5, 0.6) is 0 Å². The number of nitrogens with one attached hydrogen (secondary N) is 2. The lowest BCUT2D eigenvalue weighted by Gasteiger charge is -2.52. The van der Waals surface area contributed by atoms with E-state index in [4.69, 9.17) is 0 Å². The van der Waals surface area contributed by atoms with E-state index in [1.165, 1.54) is 32.2 Å². The molecule has 0 aromatic heterocycles. The Morgan fingerprint density at radius 3 is 2.35 bits per heavy atom. The highest BCUT2D eigenvalue weighted by Crippen LogP contribution is 2.41. The first-order chi connectivity index (χ1) is 8.15. The molecule has 0 bridgehead atoms. The molecule has 0 aromatic carbocycles. The van der Waals surface area contributed by atoms with Crippen molar-refractivity contribution in [2.24, 2.45) is 23.7 Å². The van der Waals surface area contributed by atoms with Gasteiger partial charge in [0, 0.05) is 18.1 Å². The van der Waals surface area contributed by atoms with Gasteiger partial charge >= 0.3 is 0 Å². The van der Waals surface area contributed by atoms with Crippen LogP contribution in [-0.4, -0.2) is 24.7 Å². The molecule has 17 heavy (non-hydrogen) atoms. The van der Waals surface area contributed by atoms with Gasteiger partial charge in [0.05, 0.1) is 0 Å². The van der Waals surface area contributed by atoms with Gasteiger partial charge in [0.1, 0.15) is 0 Å². The molecule has 1 aliphatic carbocycles. The molecule has 3 fully saturated rings. The first kappa shape index (κ1) is 12.0. The van der Waals surface area contributed by atoms with E-state index < -0.39 is 0 Å². The van der Waals surface area contributed by atoms with Gasteiger partial charge in [-0.1, -0.05) is 13.8 Å². The van der Waals surface area contributed by atoms with E-state index in [1.807, 2.05) is 0 Å². The summed E-state index contributed by atoms with van der Waals surface area (Å²) in [6, 6.07) is 2.23. The Kier molecular flexibility index (Phi) is 3.20. The van der Waals surface area contributed by atoms with Gasteiger partial charge in [0.25, 0.3) is 0 Å². The van der Waals surface area contributed by atoms with Crippen molar-refractivity contribution in [1.29, 1.82) is 0 Å². The lowest BCUT2D eigenvalue weighted by Crippen LogP contribution is -2.65. The molecule has 2 nitrogen and oxygen atoms in total. The predicted molar refractivity (Wildman–Crippen MR) is 72.0 cm³/mol. The quantitative estimate of drug-likeness (QED) is 0.675. The fourth-order valence-electron chi connectivity index (χ4n) is 4.52. The number of hydrogen-bond acceptors (Lipinski definition) is 2. The second kappa shape index (κ2) is 4.55. The zero-order valence-electron chi connectivity index (χ0n) is 11.6. The summed E-state index contributed by atoms with van der Waals surface area (Å²) >= 11 is 0. The molecular formula is C15H28N2. The summed E-state index contributed by atoms with van der Waals surface area (Å²) in [5.41, 5.74) is 0. The number of fused-ring (bicyclic) bond motifs is 3. The standard InChI is InChI=1S/C15H28N2/c1-9-6-12-4-5-13-7-10(2)11(3)17-15(13)14(12)16-8-9/h9-17H,4-8H2,1-3H3. The van der Waals surface area contributed by atoms with E-state index in [9.17, 15) is 0 Å². The van der Waals surface area contributed by atoms with Gasteiger partial charge in [0.15, 0.2) is 0 Å². The first-order valence-electron chi connectivity index (χ1n) is 7.64. The van der Waals surface area contributed by atoms with Gasteiger partial charge < -0.3 is 10.6 Å². The number of rotatable bonds is 0. The van der Waals surface area contributed by atoms with Crippen molar-refractivity contribution in [3.8, 4) is 0 Å². The zero-order valence-corrected chi connectivity index (χ0v) is 11.6. The Morgan fingerprint density at radius 1 is 0.882 bits per heavy atom. The van der Waals surface area contributed by atoms with E-state index in [2.05, 4.69) is 31.4 Å². The van der Waals surface area contributed by atoms with Gasteiger partial charge in [0.2, 0.25) is 0 Å². The molecule has 98 valence electrons. The SMILES string of the molecule is CC1CNC2C(CCC3CC(C)C(C)NC32)C1. The third-order valence-corrected chi connectivity index (χ3v) is 5.70. The maximum atomic E-state index is 3.92. The third-order valence-electron chi connectivity index (χ3n) is 5.70. The molecule has 2 heteroatoms. The van der Waals surface area contributed by atoms with Crippen LogP contribution in [0.1, 0.15) is 46.5 Å². The normalized spacial score (nSPS) is 54.9. The maximum absolute atomic E-state index is 3.92. The molecule has 0 aromatic rings. The molecule has 0 amide bonds. The minimum Gasteiger partial charge on any atom is -0.312 e. The second-order valence-electron chi connectivity index (χ2n) is 7.07. The maximum Gasteiger partial charge on any atom is 0.0254 e. The van der Waals surface area contributed by atoms with Crippen molar-refractivity contribution in [1.82, 2.24) is 10.6 Å². The first-order valence-corrected chi connectivity index (χ1v) is 7.64. The van der Waals surface area contributed by atoms with Gasteiger partial charge in [-0.2, -0.15) is 0 Å². The highest BCUT2D eigenvalue weighted by molar-refractivity contribution is 5.03. The van der Waals surface area contributed by atoms with Gasteiger partial charge in [-0.25, -0.2) is 0 Å². The van der Waals surface area contributed by atoms with Crippen LogP contribution in [0, 0.1) is 23.7 Å². The fraction of sp³-hybridized carbons (Fsp3) is 1.00. The Labute approximate surface area is 106 Å². The van der Waals surface area contributed by atoms with Gasteiger partial charge in [-0.05, 0) is 62.8 Å². The molecule has 2 saturated heterocycles. The zero-order chi connectivity index (χ0) is 12.0. The van der Waals surface area contributed by atoms with Crippen LogP contribution in [0.3, 0.4) is 0 Å². The Hall–Kier alpha value is -0.0800.